The Labute approximate surface area is 204 Å². The Morgan fingerprint density at radius 1 is 1.03 bits per heavy atom. The van der Waals surface area contributed by atoms with Gasteiger partial charge in [-0.25, -0.2) is 0 Å². The third-order valence-corrected chi connectivity index (χ3v) is 5.59. The summed E-state index contributed by atoms with van der Waals surface area (Å²) < 4.78 is 10.3. The van der Waals surface area contributed by atoms with Crippen molar-refractivity contribution in [3.05, 3.63) is 60.3 Å². The fraction of sp³-hybridized carbons (Fsp3) is 0.308. The van der Waals surface area contributed by atoms with Gasteiger partial charge in [0.15, 0.2) is 5.82 Å². The molecule has 1 saturated carbocycles. The Kier molecular flexibility index (Phi) is 7.45. The van der Waals surface area contributed by atoms with Crippen molar-refractivity contribution in [1.29, 1.82) is 0 Å². The zero-order valence-corrected chi connectivity index (χ0v) is 20.3. The molecule has 0 bridgehead atoms. The number of carbonyl (C=O) groups is 1. The molecule has 9 heteroatoms. The number of fused-ring (bicyclic) bond motifs is 1. The van der Waals surface area contributed by atoms with E-state index in [1.165, 1.54) is 0 Å². The maximum Gasteiger partial charge on any atom is 0.257 e. The second kappa shape index (κ2) is 10.9. The van der Waals surface area contributed by atoms with E-state index in [4.69, 9.17) is 9.47 Å². The summed E-state index contributed by atoms with van der Waals surface area (Å²) in [7, 11) is 3.20. The van der Waals surface area contributed by atoms with Gasteiger partial charge in [-0.3, -0.25) is 9.89 Å². The first kappa shape index (κ1) is 24.0. The average molecular weight is 475 g/mol. The first-order valence-corrected chi connectivity index (χ1v) is 11.5. The molecule has 0 saturated heterocycles. The summed E-state index contributed by atoms with van der Waals surface area (Å²) in [6.45, 7) is 4.15. The lowest BCUT2D eigenvalue weighted by Gasteiger charge is -2.11. The molecule has 1 amide bonds. The largest absolute Gasteiger partial charge is 0.497 e. The zero-order valence-electron chi connectivity index (χ0n) is 20.3. The number of H-pyrrole nitrogens is 1. The number of para-hydroxylation sites is 1. The van der Waals surface area contributed by atoms with E-state index in [1.807, 2.05) is 54.6 Å². The van der Waals surface area contributed by atoms with E-state index in [2.05, 4.69) is 44.9 Å². The van der Waals surface area contributed by atoms with Crippen LogP contribution in [0.4, 0.5) is 17.2 Å². The van der Waals surface area contributed by atoms with Gasteiger partial charge in [0.1, 0.15) is 11.4 Å². The predicted octanol–water partition coefficient (Wildman–Crippen LogP) is 5.27. The number of nitrogens with one attached hydrogen (secondary N) is 3. The molecule has 0 unspecified atom stereocenters. The van der Waals surface area contributed by atoms with Gasteiger partial charge in [-0.2, -0.15) is 10.2 Å². The second-order valence-electron chi connectivity index (χ2n) is 8.58. The Balaban J connectivity index is 0.000000179. The van der Waals surface area contributed by atoms with Crippen LogP contribution in [0, 0.1) is 5.92 Å². The number of benzene rings is 2. The molecular weight excluding hydrogens is 444 g/mol. The van der Waals surface area contributed by atoms with Gasteiger partial charge < -0.3 is 20.1 Å². The quantitative estimate of drug-likeness (QED) is 0.334. The molecule has 4 aromatic rings. The highest BCUT2D eigenvalue weighted by Gasteiger charge is 2.29. The highest BCUT2D eigenvalue weighted by molar-refractivity contribution is 5.94. The van der Waals surface area contributed by atoms with Crippen molar-refractivity contribution in [2.24, 2.45) is 5.92 Å². The highest BCUT2D eigenvalue weighted by Crippen LogP contribution is 2.31. The minimum absolute atomic E-state index is 0.134. The summed E-state index contributed by atoms with van der Waals surface area (Å²) >= 11 is 0. The van der Waals surface area contributed by atoms with E-state index in [0.717, 1.165) is 52.4 Å². The van der Waals surface area contributed by atoms with Crippen LogP contribution in [0.25, 0.3) is 10.9 Å². The van der Waals surface area contributed by atoms with Crippen molar-refractivity contribution < 1.29 is 14.3 Å². The summed E-state index contributed by atoms with van der Waals surface area (Å²) in [6.07, 6.45) is 2.06. The number of ether oxygens (including phenoxy) is 2. The maximum atomic E-state index is 11.4. The number of amides is 1. The number of anilines is 3. The lowest BCUT2D eigenvalue weighted by Crippen LogP contribution is -2.12. The molecule has 2 aromatic heterocycles. The Hall–Kier alpha value is -4.14. The highest BCUT2D eigenvalue weighted by atomic mass is 16.5. The van der Waals surface area contributed by atoms with E-state index < -0.39 is 0 Å². The van der Waals surface area contributed by atoms with Crippen LogP contribution in [0.5, 0.6) is 11.6 Å². The van der Waals surface area contributed by atoms with E-state index >= 15 is 0 Å². The predicted molar refractivity (Wildman–Crippen MR) is 136 cm³/mol. The van der Waals surface area contributed by atoms with Crippen LogP contribution in [-0.4, -0.2) is 40.5 Å². The van der Waals surface area contributed by atoms with Crippen LogP contribution in [0.3, 0.4) is 0 Å². The van der Waals surface area contributed by atoms with E-state index in [1.54, 1.807) is 14.2 Å². The number of carbonyl (C=O) groups excluding carboxylic acids is 1. The second-order valence-corrected chi connectivity index (χ2v) is 8.58. The molecule has 5 rings (SSSR count). The normalized spacial score (nSPS) is 12.6. The number of methoxy groups -OCH3 is 2. The molecule has 0 aliphatic heterocycles. The fourth-order valence-electron chi connectivity index (χ4n) is 3.37. The SMILES string of the molecule is COc1ccc(NC(=O)C2CC2)cc1.COc1nnc(C(C)C)cc1Nc1n[nH]c2ccccc12. The lowest BCUT2D eigenvalue weighted by atomic mass is 10.1. The molecule has 3 N–H and O–H groups in total. The Morgan fingerprint density at radius 3 is 2.43 bits per heavy atom. The molecule has 2 aromatic carbocycles. The van der Waals surface area contributed by atoms with Gasteiger partial charge >= 0.3 is 0 Å². The first-order chi connectivity index (χ1) is 17.0. The molecule has 1 aliphatic rings. The molecule has 2 heterocycles. The molecule has 35 heavy (non-hydrogen) atoms. The molecule has 0 spiro atoms. The Morgan fingerprint density at radius 2 is 1.77 bits per heavy atom. The number of hydrogen-bond acceptors (Lipinski definition) is 7. The summed E-state index contributed by atoms with van der Waals surface area (Å²) in [5.41, 5.74) is 3.47. The van der Waals surface area contributed by atoms with Gasteiger partial charge in [-0.1, -0.05) is 26.0 Å². The first-order valence-electron chi connectivity index (χ1n) is 11.5. The molecule has 9 nitrogen and oxygen atoms in total. The van der Waals surface area contributed by atoms with Crippen molar-refractivity contribution in [3.8, 4) is 11.6 Å². The van der Waals surface area contributed by atoms with Crippen LogP contribution >= 0.6 is 0 Å². The van der Waals surface area contributed by atoms with E-state index in [-0.39, 0.29) is 11.8 Å². The minimum Gasteiger partial charge on any atom is -0.497 e. The van der Waals surface area contributed by atoms with Crippen LogP contribution in [0.2, 0.25) is 0 Å². The number of aromatic amines is 1. The van der Waals surface area contributed by atoms with Crippen LogP contribution in [0.15, 0.2) is 54.6 Å². The topological polar surface area (TPSA) is 114 Å². The van der Waals surface area contributed by atoms with E-state index in [0.29, 0.717) is 11.8 Å². The van der Waals surface area contributed by atoms with Gasteiger partial charge in [-0.05, 0) is 61.2 Å². The summed E-state index contributed by atoms with van der Waals surface area (Å²) in [5, 5.41) is 22.7. The monoisotopic (exact) mass is 474 g/mol. The fourth-order valence-corrected chi connectivity index (χ4v) is 3.37. The van der Waals surface area contributed by atoms with Crippen LogP contribution < -0.4 is 20.1 Å². The number of hydrogen-bond donors (Lipinski definition) is 3. The van der Waals surface area contributed by atoms with Gasteiger partial charge in [0.2, 0.25) is 5.91 Å². The number of rotatable bonds is 7. The van der Waals surface area contributed by atoms with Crippen molar-refractivity contribution >= 4 is 34.0 Å². The van der Waals surface area contributed by atoms with Gasteiger partial charge in [0.25, 0.3) is 5.88 Å². The van der Waals surface area contributed by atoms with Crippen LogP contribution in [0.1, 0.15) is 38.3 Å². The van der Waals surface area contributed by atoms with Crippen molar-refractivity contribution in [2.75, 3.05) is 24.9 Å². The lowest BCUT2D eigenvalue weighted by molar-refractivity contribution is -0.117. The maximum absolute atomic E-state index is 11.4. The smallest absolute Gasteiger partial charge is 0.257 e. The molecule has 0 radical (unpaired) electrons. The number of aromatic nitrogens is 4. The zero-order chi connectivity index (χ0) is 24.8. The standard InChI is InChI=1S/C15H17N5O.C11H13NO2/c1-9(2)12-8-13(15(21-3)20-18-12)16-14-10-6-4-5-7-11(10)17-19-14;1-14-10-6-4-9(5-7-10)12-11(13)8-2-3-8/h4-9H,1-3H3,(H2,16,17,18,19);4-8H,2-3H2,1H3,(H,12,13). The number of nitrogens with zero attached hydrogens (tertiary/aromatic N) is 3. The van der Waals surface area contributed by atoms with Gasteiger partial charge in [0, 0.05) is 17.0 Å². The molecule has 1 aliphatic carbocycles. The molecule has 0 atom stereocenters. The molecular formula is C26H30N6O3. The van der Waals surface area contributed by atoms with Crippen LogP contribution in [-0.2, 0) is 4.79 Å². The third kappa shape index (κ3) is 6.06. The van der Waals surface area contributed by atoms with E-state index in [9.17, 15) is 4.79 Å². The minimum atomic E-state index is 0.134. The van der Waals surface area contributed by atoms with Crippen molar-refractivity contribution in [3.63, 3.8) is 0 Å². The van der Waals surface area contributed by atoms with Crippen molar-refractivity contribution in [2.45, 2.75) is 32.6 Å². The summed E-state index contributed by atoms with van der Waals surface area (Å²) in [4.78, 5) is 11.4. The van der Waals surface area contributed by atoms with Crippen molar-refractivity contribution in [1.82, 2.24) is 20.4 Å². The molecule has 182 valence electrons. The van der Waals surface area contributed by atoms with Gasteiger partial charge in [-0.15, -0.1) is 5.10 Å². The Bertz CT molecular complexity index is 1280. The average Bonchev–Trinajstić information content (AvgIpc) is 3.66. The summed E-state index contributed by atoms with van der Waals surface area (Å²) in [6, 6.07) is 17.2. The molecule has 1 fully saturated rings. The summed E-state index contributed by atoms with van der Waals surface area (Å²) in [5.74, 6) is 2.67. The van der Waals surface area contributed by atoms with Gasteiger partial charge in [0.05, 0.1) is 25.4 Å². The third-order valence-electron chi connectivity index (χ3n) is 5.59.